The maximum atomic E-state index is 13.0. The molecule has 0 unspecified atom stereocenters. The summed E-state index contributed by atoms with van der Waals surface area (Å²) < 4.78 is 13.7. The van der Waals surface area contributed by atoms with Crippen molar-refractivity contribution < 1.29 is 19.2 Å². The Labute approximate surface area is 199 Å². The van der Waals surface area contributed by atoms with Crippen LogP contribution in [0.1, 0.15) is 35.9 Å². The first-order chi connectivity index (χ1) is 16.8. The standard InChI is InChI=1S/C22H26N6O7/c1-3-4-7-27-19-18(20(29)24-22(27)31)25(2)17(23-19)13-35-21(30)15-12-14(28(32)33)5-6-16(15)26-8-10-34-11-9-26/h5-6,12H,3-4,7-11,13H2,1-2H3,(H,24,29,31). The zero-order valence-electron chi connectivity index (χ0n) is 19.5. The summed E-state index contributed by atoms with van der Waals surface area (Å²) in [5.41, 5.74) is -0.399. The predicted octanol–water partition coefficient (Wildman–Crippen LogP) is 1.33. The van der Waals surface area contributed by atoms with E-state index in [4.69, 9.17) is 9.47 Å². The normalized spacial score (nSPS) is 13.8. The van der Waals surface area contributed by atoms with Gasteiger partial charge in [-0.05, 0) is 12.5 Å². The summed E-state index contributed by atoms with van der Waals surface area (Å²) in [6, 6.07) is 4.06. The fourth-order valence-corrected chi connectivity index (χ4v) is 4.03. The third-order valence-corrected chi connectivity index (χ3v) is 5.94. The van der Waals surface area contributed by atoms with Crippen molar-refractivity contribution in [2.24, 2.45) is 7.05 Å². The van der Waals surface area contributed by atoms with E-state index < -0.39 is 22.1 Å². The van der Waals surface area contributed by atoms with Crippen molar-refractivity contribution in [3.63, 3.8) is 0 Å². The molecule has 1 aromatic carbocycles. The maximum absolute atomic E-state index is 13.0. The smallest absolute Gasteiger partial charge is 0.340 e. The molecular formula is C22H26N6O7. The average molecular weight is 486 g/mol. The van der Waals surface area contributed by atoms with Crippen LogP contribution in [0.4, 0.5) is 11.4 Å². The van der Waals surface area contributed by atoms with Gasteiger partial charge in [-0.25, -0.2) is 14.6 Å². The quantitative estimate of drug-likeness (QED) is 0.282. The number of morpholine rings is 1. The number of imidazole rings is 1. The van der Waals surface area contributed by atoms with Crippen molar-refractivity contribution in [3.8, 4) is 0 Å². The van der Waals surface area contributed by atoms with Crippen LogP contribution >= 0.6 is 0 Å². The Bertz CT molecular complexity index is 1380. The number of aromatic amines is 1. The molecule has 0 radical (unpaired) electrons. The Morgan fingerprint density at radius 2 is 2.03 bits per heavy atom. The Morgan fingerprint density at radius 1 is 1.29 bits per heavy atom. The van der Waals surface area contributed by atoms with Crippen molar-refractivity contribution >= 4 is 28.5 Å². The molecule has 3 aromatic rings. The molecule has 0 spiro atoms. The van der Waals surface area contributed by atoms with Crippen molar-refractivity contribution in [1.82, 2.24) is 19.1 Å². The van der Waals surface area contributed by atoms with Crippen molar-refractivity contribution in [1.29, 1.82) is 0 Å². The molecule has 0 amide bonds. The second-order valence-corrected chi connectivity index (χ2v) is 8.16. The van der Waals surface area contributed by atoms with E-state index in [0.717, 1.165) is 12.8 Å². The lowest BCUT2D eigenvalue weighted by molar-refractivity contribution is -0.384. The molecule has 4 rings (SSSR count). The Balaban J connectivity index is 1.65. The number of ether oxygens (including phenoxy) is 2. The number of rotatable bonds is 8. The van der Waals surface area contributed by atoms with Gasteiger partial charge in [0.1, 0.15) is 12.4 Å². The summed E-state index contributed by atoms with van der Waals surface area (Å²) in [5, 5.41) is 11.3. The van der Waals surface area contributed by atoms with Gasteiger partial charge in [0.15, 0.2) is 11.2 Å². The number of anilines is 1. The highest BCUT2D eigenvalue weighted by Crippen LogP contribution is 2.27. The summed E-state index contributed by atoms with van der Waals surface area (Å²) in [6.07, 6.45) is 1.57. The number of benzene rings is 1. The summed E-state index contributed by atoms with van der Waals surface area (Å²) in [7, 11) is 1.59. The molecule has 3 heterocycles. The van der Waals surface area contributed by atoms with Crippen LogP contribution in [0.2, 0.25) is 0 Å². The number of non-ortho nitro benzene ring substituents is 1. The number of carbonyl (C=O) groups excluding carboxylic acids is 1. The molecule has 0 atom stereocenters. The van der Waals surface area contributed by atoms with Crippen LogP contribution in [0.25, 0.3) is 11.2 Å². The zero-order chi connectivity index (χ0) is 25.1. The summed E-state index contributed by atoms with van der Waals surface area (Å²) in [6.45, 7) is 4.07. The Kier molecular flexibility index (Phi) is 6.96. The molecule has 1 aliphatic heterocycles. The molecule has 0 bridgehead atoms. The number of unbranched alkanes of at least 4 members (excludes halogenated alkanes) is 1. The van der Waals surface area contributed by atoms with E-state index in [9.17, 15) is 24.5 Å². The first kappa shape index (κ1) is 24.1. The fraction of sp³-hybridized carbons (Fsp3) is 0.455. The predicted molar refractivity (Wildman–Crippen MR) is 126 cm³/mol. The van der Waals surface area contributed by atoms with Crippen LogP contribution in [-0.4, -0.2) is 56.3 Å². The number of carbonyl (C=O) groups is 1. The van der Waals surface area contributed by atoms with Crippen molar-refractivity contribution in [2.45, 2.75) is 32.9 Å². The average Bonchev–Trinajstić information content (AvgIpc) is 3.18. The molecule has 13 nitrogen and oxygen atoms in total. The second-order valence-electron chi connectivity index (χ2n) is 8.16. The highest BCUT2D eigenvalue weighted by molar-refractivity contribution is 5.96. The van der Waals surface area contributed by atoms with Gasteiger partial charge < -0.3 is 18.9 Å². The van der Waals surface area contributed by atoms with E-state index in [1.165, 1.54) is 27.3 Å². The lowest BCUT2D eigenvalue weighted by Gasteiger charge is -2.30. The van der Waals surface area contributed by atoms with Gasteiger partial charge in [0.25, 0.3) is 11.2 Å². The number of hydrogen-bond acceptors (Lipinski definition) is 9. The molecule has 0 saturated carbocycles. The van der Waals surface area contributed by atoms with Gasteiger partial charge >= 0.3 is 11.7 Å². The number of esters is 1. The highest BCUT2D eigenvalue weighted by atomic mass is 16.6. The summed E-state index contributed by atoms with van der Waals surface area (Å²) >= 11 is 0. The van der Waals surface area contributed by atoms with Gasteiger partial charge in [-0.1, -0.05) is 13.3 Å². The summed E-state index contributed by atoms with van der Waals surface area (Å²) in [4.78, 5) is 57.1. The van der Waals surface area contributed by atoms with Gasteiger partial charge in [0, 0.05) is 38.8 Å². The third-order valence-electron chi connectivity index (χ3n) is 5.94. The van der Waals surface area contributed by atoms with Gasteiger partial charge in [0.2, 0.25) is 0 Å². The number of nitro benzene ring substituents is 1. The first-order valence-corrected chi connectivity index (χ1v) is 11.3. The van der Waals surface area contributed by atoms with E-state index in [-0.39, 0.29) is 34.8 Å². The minimum atomic E-state index is -0.764. The molecule has 1 aliphatic rings. The molecule has 186 valence electrons. The lowest BCUT2D eigenvalue weighted by atomic mass is 10.1. The van der Waals surface area contributed by atoms with Crippen LogP contribution in [0.3, 0.4) is 0 Å². The SMILES string of the molecule is CCCCn1c(=O)[nH]c(=O)c2c1nc(COC(=O)c1cc([N+](=O)[O-])ccc1N1CCOCC1)n2C. The molecule has 13 heteroatoms. The van der Waals surface area contributed by atoms with Gasteiger partial charge in [-0.2, -0.15) is 0 Å². The van der Waals surface area contributed by atoms with Crippen LogP contribution < -0.4 is 16.1 Å². The van der Waals surface area contributed by atoms with E-state index in [2.05, 4.69) is 9.97 Å². The van der Waals surface area contributed by atoms with E-state index in [0.29, 0.717) is 38.5 Å². The van der Waals surface area contributed by atoms with Crippen LogP contribution in [-0.2, 0) is 29.7 Å². The van der Waals surface area contributed by atoms with Gasteiger partial charge in [-0.15, -0.1) is 0 Å². The monoisotopic (exact) mass is 486 g/mol. The zero-order valence-corrected chi connectivity index (χ0v) is 19.5. The number of hydrogen-bond donors (Lipinski definition) is 1. The van der Waals surface area contributed by atoms with Crippen LogP contribution in [0, 0.1) is 10.1 Å². The van der Waals surface area contributed by atoms with Gasteiger partial charge in [0.05, 0.1) is 29.4 Å². The fourth-order valence-electron chi connectivity index (χ4n) is 4.03. The topological polar surface area (TPSA) is 155 Å². The van der Waals surface area contributed by atoms with Crippen LogP contribution in [0.15, 0.2) is 27.8 Å². The van der Waals surface area contributed by atoms with Crippen molar-refractivity contribution in [2.75, 3.05) is 31.2 Å². The third kappa shape index (κ3) is 4.80. The minimum Gasteiger partial charge on any atom is -0.454 e. The lowest BCUT2D eigenvalue weighted by Crippen LogP contribution is -2.37. The number of nitrogens with one attached hydrogen (secondary N) is 1. The molecule has 1 N–H and O–H groups in total. The molecular weight excluding hydrogens is 460 g/mol. The Hall–Kier alpha value is -4.00. The van der Waals surface area contributed by atoms with E-state index in [1.807, 2.05) is 11.8 Å². The van der Waals surface area contributed by atoms with E-state index >= 15 is 0 Å². The number of aryl methyl sites for hydroxylation is 2. The highest BCUT2D eigenvalue weighted by Gasteiger charge is 2.24. The minimum absolute atomic E-state index is 0.0533. The molecule has 1 saturated heterocycles. The van der Waals surface area contributed by atoms with E-state index in [1.54, 1.807) is 7.05 Å². The first-order valence-electron chi connectivity index (χ1n) is 11.3. The number of H-pyrrole nitrogens is 1. The molecule has 1 fully saturated rings. The second kappa shape index (κ2) is 10.1. The summed E-state index contributed by atoms with van der Waals surface area (Å²) in [5.74, 6) is -0.507. The number of fused-ring (bicyclic) bond motifs is 1. The van der Waals surface area contributed by atoms with Gasteiger partial charge in [-0.3, -0.25) is 24.5 Å². The largest absolute Gasteiger partial charge is 0.454 e. The number of aromatic nitrogens is 4. The molecule has 0 aliphatic carbocycles. The number of nitrogens with zero attached hydrogens (tertiary/aromatic N) is 5. The maximum Gasteiger partial charge on any atom is 0.340 e. The molecule has 2 aromatic heterocycles. The van der Waals surface area contributed by atoms with Crippen molar-refractivity contribution in [3.05, 3.63) is 60.5 Å². The van der Waals surface area contributed by atoms with Crippen LogP contribution in [0.5, 0.6) is 0 Å². The number of nitro groups is 1. The molecule has 35 heavy (non-hydrogen) atoms. The Morgan fingerprint density at radius 3 is 2.71 bits per heavy atom.